The Balaban J connectivity index is 1.77. The van der Waals surface area contributed by atoms with Gasteiger partial charge in [-0.15, -0.1) is 0 Å². The summed E-state index contributed by atoms with van der Waals surface area (Å²) in [5.41, 5.74) is 2.49. The zero-order valence-corrected chi connectivity index (χ0v) is 15.1. The van der Waals surface area contributed by atoms with Gasteiger partial charge in [0.1, 0.15) is 12.7 Å². The van der Waals surface area contributed by atoms with Crippen molar-refractivity contribution in [1.29, 1.82) is 0 Å². The number of amides is 2. The number of rotatable bonds is 6. The third kappa shape index (κ3) is 4.75. The molecule has 3 rings (SSSR count). The number of hydrogen-bond donors (Lipinski definition) is 2. The molecule has 0 saturated carbocycles. The molecule has 1 atom stereocenters. The highest BCUT2D eigenvalue weighted by Crippen LogP contribution is 2.20. The SMILES string of the molecule is CC(=O)N[C@@H](CC(=O)Nc1cccnc1-n1cncn1)c1ccc(C)cc1. The topological polar surface area (TPSA) is 102 Å². The minimum Gasteiger partial charge on any atom is -0.349 e. The van der Waals surface area contributed by atoms with Gasteiger partial charge in [-0.25, -0.2) is 14.6 Å². The maximum absolute atomic E-state index is 12.6. The van der Waals surface area contributed by atoms with Crippen molar-refractivity contribution >= 4 is 17.5 Å². The second-order valence-electron chi connectivity index (χ2n) is 6.13. The van der Waals surface area contributed by atoms with E-state index in [2.05, 4.69) is 25.7 Å². The molecular weight excluding hydrogens is 344 g/mol. The Kier molecular flexibility index (Phi) is 5.55. The van der Waals surface area contributed by atoms with Crippen molar-refractivity contribution in [3.8, 4) is 5.82 Å². The first-order valence-corrected chi connectivity index (χ1v) is 8.46. The van der Waals surface area contributed by atoms with E-state index in [9.17, 15) is 9.59 Å². The number of anilines is 1. The van der Waals surface area contributed by atoms with Gasteiger partial charge in [0.05, 0.1) is 18.2 Å². The van der Waals surface area contributed by atoms with Gasteiger partial charge in [0.25, 0.3) is 0 Å². The first-order chi connectivity index (χ1) is 13.0. The molecule has 0 bridgehead atoms. The summed E-state index contributed by atoms with van der Waals surface area (Å²) >= 11 is 0. The van der Waals surface area contributed by atoms with Crippen LogP contribution in [-0.2, 0) is 9.59 Å². The molecule has 2 aromatic heterocycles. The zero-order valence-electron chi connectivity index (χ0n) is 15.1. The van der Waals surface area contributed by atoms with Crippen molar-refractivity contribution < 1.29 is 9.59 Å². The van der Waals surface area contributed by atoms with E-state index >= 15 is 0 Å². The highest BCUT2D eigenvalue weighted by molar-refractivity contribution is 5.93. The van der Waals surface area contributed by atoms with Gasteiger partial charge in [-0.1, -0.05) is 29.8 Å². The maximum Gasteiger partial charge on any atom is 0.226 e. The Hall–Kier alpha value is -3.55. The summed E-state index contributed by atoms with van der Waals surface area (Å²) in [6, 6.07) is 10.8. The molecule has 3 aromatic rings. The molecular formula is C19H20N6O2. The van der Waals surface area contributed by atoms with E-state index in [1.807, 2.05) is 31.2 Å². The summed E-state index contributed by atoms with van der Waals surface area (Å²) in [6.07, 6.45) is 4.60. The van der Waals surface area contributed by atoms with Crippen molar-refractivity contribution in [2.24, 2.45) is 0 Å². The highest BCUT2D eigenvalue weighted by Gasteiger charge is 2.18. The third-order valence-electron chi connectivity index (χ3n) is 3.94. The van der Waals surface area contributed by atoms with Crippen molar-refractivity contribution in [3.05, 3.63) is 66.4 Å². The van der Waals surface area contributed by atoms with Gasteiger partial charge in [-0.3, -0.25) is 9.59 Å². The smallest absolute Gasteiger partial charge is 0.226 e. The molecule has 8 heteroatoms. The van der Waals surface area contributed by atoms with Crippen LogP contribution in [0.25, 0.3) is 5.82 Å². The van der Waals surface area contributed by atoms with Gasteiger partial charge in [0.2, 0.25) is 11.8 Å². The minimum absolute atomic E-state index is 0.0916. The number of nitrogens with one attached hydrogen (secondary N) is 2. The molecule has 0 aliphatic heterocycles. The Morgan fingerprint density at radius 3 is 2.63 bits per heavy atom. The predicted molar refractivity (Wildman–Crippen MR) is 100 cm³/mol. The predicted octanol–water partition coefficient (Wildman–Crippen LogP) is 2.18. The molecule has 0 aliphatic rings. The minimum atomic E-state index is -0.422. The Labute approximate surface area is 156 Å². The first-order valence-electron chi connectivity index (χ1n) is 8.46. The summed E-state index contributed by atoms with van der Waals surface area (Å²) in [5, 5.41) is 9.72. The molecule has 2 heterocycles. The molecule has 8 nitrogen and oxygen atoms in total. The van der Waals surface area contributed by atoms with Gasteiger partial charge < -0.3 is 10.6 Å². The van der Waals surface area contributed by atoms with Gasteiger partial charge in [0, 0.05) is 13.1 Å². The fourth-order valence-corrected chi connectivity index (χ4v) is 2.68. The molecule has 2 N–H and O–H groups in total. The van der Waals surface area contributed by atoms with Crippen LogP contribution in [0.3, 0.4) is 0 Å². The second-order valence-corrected chi connectivity index (χ2v) is 6.13. The molecule has 0 radical (unpaired) electrons. The number of benzene rings is 1. The fourth-order valence-electron chi connectivity index (χ4n) is 2.68. The van der Waals surface area contributed by atoms with E-state index in [-0.39, 0.29) is 18.2 Å². The monoisotopic (exact) mass is 364 g/mol. The standard InChI is InChI=1S/C19H20N6O2/c1-13-5-7-15(8-6-13)17(23-14(2)26)10-18(27)24-16-4-3-9-21-19(16)25-12-20-11-22-25/h3-9,11-12,17H,10H2,1-2H3,(H,23,26)(H,24,27)/t17-/m0/s1. The van der Waals surface area contributed by atoms with Crippen LogP contribution in [0.2, 0.25) is 0 Å². The lowest BCUT2D eigenvalue weighted by Gasteiger charge is -2.19. The van der Waals surface area contributed by atoms with Crippen molar-refractivity contribution in [2.45, 2.75) is 26.3 Å². The number of carbonyl (C=O) groups is 2. The Bertz CT molecular complexity index is 922. The largest absolute Gasteiger partial charge is 0.349 e. The number of pyridine rings is 1. The van der Waals surface area contributed by atoms with Crippen LogP contribution in [0, 0.1) is 6.92 Å². The number of aromatic nitrogens is 4. The van der Waals surface area contributed by atoms with E-state index in [0.717, 1.165) is 11.1 Å². The van der Waals surface area contributed by atoms with Gasteiger partial charge in [-0.2, -0.15) is 5.10 Å². The van der Waals surface area contributed by atoms with Crippen LogP contribution >= 0.6 is 0 Å². The molecule has 27 heavy (non-hydrogen) atoms. The van der Waals surface area contributed by atoms with E-state index in [1.165, 1.54) is 24.3 Å². The summed E-state index contributed by atoms with van der Waals surface area (Å²) in [6.45, 7) is 3.42. The highest BCUT2D eigenvalue weighted by atomic mass is 16.2. The van der Waals surface area contributed by atoms with Crippen LogP contribution in [0.1, 0.15) is 30.5 Å². The number of carbonyl (C=O) groups excluding carboxylic acids is 2. The Morgan fingerprint density at radius 2 is 1.96 bits per heavy atom. The van der Waals surface area contributed by atoms with Crippen LogP contribution in [0.4, 0.5) is 5.69 Å². The lowest BCUT2D eigenvalue weighted by molar-refractivity contribution is -0.120. The number of hydrogen-bond acceptors (Lipinski definition) is 5. The van der Waals surface area contributed by atoms with Gasteiger partial charge in [0.15, 0.2) is 5.82 Å². The number of aryl methyl sites for hydroxylation is 1. The molecule has 0 unspecified atom stereocenters. The average molecular weight is 364 g/mol. The lowest BCUT2D eigenvalue weighted by Crippen LogP contribution is -2.30. The van der Waals surface area contributed by atoms with Gasteiger partial charge in [-0.05, 0) is 24.6 Å². The van der Waals surface area contributed by atoms with Gasteiger partial charge >= 0.3 is 0 Å². The third-order valence-corrected chi connectivity index (χ3v) is 3.94. The van der Waals surface area contributed by atoms with E-state index in [0.29, 0.717) is 11.5 Å². The summed E-state index contributed by atoms with van der Waals surface area (Å²) < 4.78 is 1.47. The van der Waals surface area contributed by atoms with E-state index < -0.39 is 6.04 Å². The summed E-state index contributed by atoms with van der Waals surface area (Å²) in [7, 11) is 0. The van der Waals surface area contributed by atoms with Crippen molar-refractivity contribution in [2.75, 3.05) is 5.32 Å². The molecule has 138 valence electrons. The molecule has 0 aliphatic carbocycles. The van der Waals surface area contributed by atoms with E-state index in [1.54, 1.807) is 18.3 Å². The van der Waals surface area contributed by atoms with Crippen molar-refractivity contribution in [3.63, 3.8) is 0 Å². The molecule has 0 spiro atoms. The normalized spacial score (nSPS) is 11.6. The quantitative estimate of drug-likeness (QED) is 0.698. The second kappa shape index (κ2) is 8.22. The average Bonchev–Trinajstić information content (AvgIpc) is 3.16. The Morgan fingerprint density at radius 1 is 1.19 bits per heavy atom. The summed E-state index contributed by atoms with van der Waals surface area (Å²) in [5.74, 6) is 0.0245. The molecule has 2 amide bonds. The molecule has 0 saturated heterocycles. The van der Waals surface area contributed by atoms with Crippen LogP contribution in [-0.4, -0.2) is 31.6 Å². The molecule has 0 fully saturated rings. The fraction of sp³-hybridized carbons (Fsp3) is 0.211. The maximum atomic E-state index is 12.6. The van der Waals surface area contributed by atoms with Crippen molar-refractivity contribution in [1.82, 2.24) is 25.1 Å². The lowest BCUT2D eigenvalue weighted by atomic mass is 10.0. The van der Waals surface area contributed by atoms with Crippen LogP contribution in [0.5, 0.6) is 0 Å². The summed E-state index contributed by atoms with van der Waals surface area (Å²) in [4.78, 5) is 32.3. The zero-order chi connectivity index (χ0) is 19.2. The van der Waals surface area contributed by atoms with Crippen LogP contribution in [0.15, 0.2) is 55.2 Å². The number of nitrogens with zero attached hydrogens (tertiary/aromatic N) is 4. The van der Waals surface area contributed by atoms with Crippen LogP contribution < -0.4 is 10.6 Å². The molecule has 1 aromatic carbocycles. The first kappa shape index (κ1) is 18.2. The van der Waals surface area contributed by atoms with E-state index in [4.69, 9.17) is 0 Å².